The van der Waals surface area contributed by atoms with Crippen LogP contribution >= 0.6 is 27.3 Å². The molecule has 16 heavy (non-hydrogen) atoms. The first kappa shape index (κ1) is 13.6. The molecular weight excluding hydrogens is 312 g/mol. The van der Waals surface area contributed by atoms with Gasteiger partial charge in [0.05, 0.1) is 14.8 Å². The molecule has 88 valence electrons. The number of hydrogen-bond acceptors (Lipinski definition) is 4. The molecule has 0 saturated carbocycles. The minimum atomic E-state index is -3.59. The fourth-order valence-electron chi connectivity index (χ4n) is 1.15. The number of nitrogens with zero attached hydrogens (tertiary/aromatic N) is 1. The Bertz CT molecular complexity index is 516. The molecule has 0 bridgehead atoms. The SMILES string of the molecule is CCC(C#N)NS(=O)(=O)c1cc(Br)sc1C. The molecular formula is C9H11BrN2O2S2. The highest BCUT2D eigenvalue weighted by molar-refractivity contribution is 9.11. The molecule has 1 aromatic heterocycles. The molecule has 0 radical (unpaired) electrons. The minimum absolute atomic E-state index is 0.234. The fraction of sp³-hybridized carbons (Fsp3) is 0.444. The Labute approximate surface area is 107 Å². The summed E-state index contributed by atoms with van der Waals surface area (Å²) < 4.78 is 27.0. The average Bonchev–Trinajstić information content (AvgIpc) is 2.55. The van der Waals surface area contributed by atoms with Crippen molar-refractivity contribution in [2.24, 2.45) is 0 Å². The van der Waals surface area contributed by atoms with Crippen LogP contribution in [0.5, 0.6) is 0 Å². The van der Waals surface area contributed by atoms with E-state index < -0.39 is 16.1 Å². The second-order valence-corrected chi connectivity index (χ2v) is 7.50. The number of halogens is 1. The van der Waals surface area contributed by atoms with E-state index in [-0.39, 0.29) is 4.90 Å². The predicted molar refractivity (Wildman–Crippen MR) is 66.8 cm³/mol. The predicted octanol–water partition coefficient (Wildman–Crippen LogP) is 2.40. The Hall–Kier alpha value is -0.420. The molecule has 0 aliphatic heterocycles. The quantitative estimate of drug-likeness (QED) is 0.925. The Morgan fingerprint density at radius 2 is 2.31 bits per heavy atom. The van der Waals surface area contributed by atoms with Gasteiger partial charge in [-0.3, -0.25) is 0 Å². The number of nitriles is 1. The molecule has 1 unspecified atom stereocenters. The number of nitrogens with one attached hydrogen (secondary N) is 1. The summed E-state index contributed by atoms with van der Waals surface area (Å²) >= 11 is 4.59. The van der Waals surface area contributed by atoms with Gasteiger partial charge in [-0.25, -0.2) is 8.42 Å². The van der Waals surface area contributed by atoms with Crippen LogP contribution in [-0.4, -0.2) is 14.5 Å². The summed E-state index contributed by atoms with van der Waals surface area (Å²) in [5.74, 6) is 0. The van der Waals surface area contributed by atoms with Crippen LogP contribution < -0.4 is 4.72 Å². The van der Waals surface area contributed by atoms with Crippen LogP contribution in [-0.2, 0) is 10.0 Å². The van der Waals surface area contributed by atoms with Crippen molar-refractivity contribution in [1.29, 1.82) is 5.26 Å². The minimum Gasteiger partial charge on any atom is -0.207 e. The highest BCUT2D eigenvalue weighted by Crippen LogP contribution is 2.29. The van der Waals surface area contributed by atoms with Crippen molar-refractivity contribution >= 4 is 37.3 Å². The first-order valence-electron chi connectivity index (χ1n) is 4.58. The second-order valence-electron chi connectivity index (χ2n) is 3.18. The van der Waals surface area contributed by atoms with Crippen LogP contribution in [0.2, 0.25) is 0 Å². The number of aryl methyl sites for hydroxylation is 1. The molecule has 1 heterocycles. The molecule has 0 fully saturated rings. The van der Waals surface area contributed by atoms with Gasteiger partial charge in [-0.2, -0.15) is 9.98 Å². The molecule has 0 spiro atoms. The first-order chi connectivity index (χ1) is 7.40. The molecule has 1 N–H and O–H groups in total. The zero-order chi connectivity index (χ0) is 12.3. The smallest absolute Gasteiger partial charge is 0.207 e. The number of thiophene rings is 1. The van der Waals surface area contributed by atoms with E-state index in [1.54, 1.807) is 19.9 Å². The number of sulfonamides is 1. The van der Waals surface area contributed by atoms with Gasteiger partial charge in [-0.1, -0.05) is 6.92 Å². The van der Waals surface area contributed by atoms with E-state index in [4.69, 9.17) is 5.26 Å². The maximum absolute atomic E-state index is 11.9. The lowest BCUT2D eigenvalue weighted by Crippen LogP contribution is -2.33. The van der Waals surface area contributed by atoms with Crippen LogP contribution in [0, 0.1) is 18.3 Å². The van der Waals surface area contributed by atoms with Gasteiger partial charge in [0, 0.05) is 4.88 Å². The van der Waals surface area contributed by atoms with Crippen molar-refractivity contribution in [3.63, 3.8) is 0 Å². The third kappa shape index (κ3) is 3.04. The Balaban J connectivity index is 3.04. The van der Waals surface area contributed by atoms with E-state index in [0.29, 0.717) is 11.3 Å². The van der Waals surface area contributed by atoms with Gasteiger partial charge in [-0.15, -0.1) is 11.3 Å². The van der Waals surface area contributed by atoms with E-state index >= 15 is 0 Å². The lowest BCUT2D eigenvalue weighted by molar-refractivity contribution is 0.569. The Morgan fingerprint density at radius 3 is 2.69 bits per heavy atom. The third-order valence-corrected chi connectivity index (χ3v) is 5.27. The maximum atomic E-state index is 11.9. The number of rotatable bonds is 4. The summed E-state index contributed by atoms with van der Waals surface area (Å²) in [5, 5.41) is 8.73. The molecule has 0 saturated heterocycles. The van der Waals surface area contributed by atoms with Gasteiger partial charge in [0.1, 0.15) is 6.04 Å². The summed E-state index contributed by atoms with van der Waals surface area (Å²) in [5.41, 5.74) is 0. The molecule has 0 aromatic carbocycles. The van der Waals surface area contributed by atoms with E-state index in [1.165, 1.54) is 11.3 Å². The van der Waals surface area contributed by atoms with E-state index in [2.05, 4.69) is 20.7 Å². The summed E-state index contributed by atoms with van der Waals surface area (Å²) in [4.78, 5) is 0.935. The van der Waals surface area contributed by atoms with Crippen LogP contribution in [0.3, 0.4) is 0 Å². The molecule has 1 aromatic rings. The third-order valence-electron chi connectivity index (χ3n) is 1.99. The van der Waals surface area contributed by atoms with Gasteiger partial charge in [-0.05, 0) is 35.3 Å². The van der Waals surface area contributed by atoms with Gasteiger partial charge in [0.2, 0.25) is 10.0 Å². The van der Waals surface area contributed by atoms with Crippen molar-refractivity contribution in [3.8, 4) is 6.07 Å². The van der Waals surface area contributed by atoms with E-state index in [1.807, 2.05) is 6.07 Å². The summed E-state index contributed by atoms with van der Waals surface area (Å²) in [7, 11) is -3.59. The molecule has 0 aliphatic rings. The fourth-order valence-corrected chi connectivity index (χ4v) is 4.79. The van der Waals surface area contributed by atoms with Crippen molar-refractivity contribution in [3.05, 3.63) is 14.7 Å². The molecule has 1 rings (SSSR count). The Morgan fingerprint density at radius 1 is 1.69 bits per heavy atom. The van der Waals surface area contributed by atoms with Gasteiger partial charge < -0.3 is 0 Å². The zero-order valence-corrected chi connectivity index (χ0v) is 12.0. The molecule has 1 atom stereocenters. The van der Waals surface area contributed by atoms with Crippen molar-refractivity contribution in [2.75, 3.05) is 0 Å². The molecule has 0 aliphatic carbocycles. The van der Waals surface area contributed by atoms with E-state index in [0.717, 1.165) is 3.79 Å². The number of hydrogen-bond donors (Lipinski definition) is 1. The summed E-state index contributed by atoms with van der Waals surface area (Å²) in [6, 6.07) is 2.78. The van der Waals surface area contributed by atoms with E-state index in [9.17, 15) is 8.42 Å². The Kier molecular flexibility index (Phi) is 4.50. The van der Waals surface area contributed by atoms with Gasteiger partial charge in [0.15, 0.2) is 0 Å². The summed E-state index contributed by atoms with van der Waals surface area (Å²) in [6.45, 7) is 3.49. The highest BCUT2D eigenvalue weighted by Gasteiger charge is 2.22. The normalized spacial score (nSPS) is 13.4. The van der Waals surface area contributed by atoms with Gasteiger partial charge in [0.25, 0.3) is 0 Å². The molecule has 0 amide bonds. The average molecular weight is 323 g/mol. The highest BCUT2D eigenvalue weighted by atomic mass is 79.9. The van der Waals surface area contributed by atoms with Crippen molar-refractivity contribution in [2.45, 2.75) is 31.2 Å². The largest absolute Gasteiger partial charge is 0.242 e. The standard InChI is InChI=1S/C9H11BrN2O2S2/c1-3-7(5-11)12-16(13,14)8-4-9(10)15-6(8)2/h4,7,12H,3H2,1-2H3. The van der Waals surface area contributed by atoms with Crippen molar-refractivity contribution < 1.29 is 8.42 Å². The lowest BCUT2D eigenvalue weighted by atomic mass is 10.3. The van der Waals surface area contributed by atoms with Crippen LogP contribution in [0.1, 0.15) is 18.2 Å². The van der Waals surface area contributed by atoms with Crippen molar-refractivity contribution in [1.82, 2.24) is 4.72 Å². The molecule has 7 heteroatoms. The van der Waals surface area contributed by atoms with Crippen LogP contribution in [0.15, 0.2) is 14.7 Å². The summed E-state index contributed by atoms with van der Waals surface area (Å²) in [6.07, 6.45) is 0.445. The van der Waals surface area contributed by atoms with Crippen LogP contribution in [0.25, 0.3) is 0 Å². The first-order valence-corrected chi connectivity index (χ1v) is 7.68. The maximum Gasteiger partial charge on any atom is 0.242 e. The zero-order valence-electron chi connectivity index (χ0n) is 8.82. The monoisotopic (exact) mass is 322 g/mol. The molecule has 4 nitrogen and oxygen atoms in total. The lowest BCUT2D eigenvalue weighted by Gasteiger charge is -2.09. The van der Waals surface area contributed by atoms with Gasteiger partial charge >= 0.3 is 0 Å². The topological polar surface area (TPSA) is 70.0 Å². The second kappa shape index (κ2) is 5.27. The van der Waals surface area contributed by atoms with Crippen LogP contribution in [0.4, 0.5) is 0 Å².